The second-order valence-corrected chi connectivity index (χ2v) is 4.85. The molecule has 1 aromatic heterocycles. The molecule has 93 valence electrons. The van der Waals surface area contributed by atoms with Gasteiger partial charge in [0.1, 0.15) is 0 Å². The Morgan fingerprint density at radius 1 is 1.50 bits per heavy atom. The van der Waals surface area contributed by atoms with Gasteiger partial charge in [0.05, 0.1) is 0 Å². The number of fused-ring (bicyclic) bond motifs is 1. The summed E-state index contributed by atoms with van der Waals surface area (Å²) in [6.07, 6.45) is 2.30. The average molecular weight is 308 g/mol. The van der Waals surface area contributed by atoms with Crippen LogP contribution in [-0.2, 0) is 11.2 Å². The van der Waals surface area contributed by atoms with E-state index in [1.807, 2.05) is 30.5 Å². The van der Waals surface area contributed by atoms with E-state index >= 15 is 0 Å². The van der Waals surface area contributed by atoms with E-state index in [-0.39, 0.29) is 10.6 Å². The molecule has 0 unspecified atom stereocenters. The predicted molar refractivity (Wildman–Crippen MR) is 71.6 cm³/mol. The molecular formula is C12H13N4OSe. The number of amides is 1. The summed E-state index contributed by atoms with van der Waals surface area (Å²) in [6.45, 7) is 0. The van der Waals surface area contributed by atoms with Gasteiger partial charge in [-0.25, -0.2) is 0 Å². The summed E-state index contributed by atoms with van der Waals surface area (Å²) in [4.78, 5) is 14.7. The fourth-order valence-electron chi connectivity index (χ4n) is 1.83. The fraction of sp³-hybridized carbons (Fsp3) is 0.167. The Balaban J connectivity index is 2.14. The molecule has 18 heavy (non-hydrogen) atoms. The first-order valence-corrected chi connectivity index (χ1v) is 6.30. The maximum absolute atomic E-state index is 11.6. The standard InChI is InChI=1S/C12H13N4OSe/c13-9(11(17)16-12(14)18)5-7-6-15-10-4-2-1-3-8(7)10/h1-4,6,9,15H,5,13H2,(H2,14,16,17)/t9-/m0/s1. The van der Waals surface area contributed by atoms with Crippen molar-refractivity contribution in [2.75, 3.05) is 0 Å². The number of nitrogens with two attached hydrogens (primary N) is 1. The van der Waals surface area contributed by atoms with Crippen LogP contribution in [0.1, 0.15) is 5.56 Å². The Morgan fingerprint density at radius 2 is 2.22 bits per heavy atom. The van der Waals surface area contributed by atoms with Gasteiger partial charge in [0, 0.05) is 0 Å². The van der Waals surface area contributed by atoms with E-state index in [4.69, 9.17) is 11.1 Å². The zero-order valence-corrected chi connectivity index (χ0v) is 11.3. The van der Waals surface area contributed by atoms with E-state index in [0.717, 1.165) is 16.5 Å². The number of hydrogen-bond donors (Lipinski definition) is 4. The van der Waals surface area contributed by atoms with Gasteiger partial charge in [-0.15, -0.1) is 0 Å². The van der Waals surface area contributed by atoms with Crippen LogP contribution in [0.15, 0.2) is 30.5 Å². The number of amidine groups is 1. The number of H-pyrrole nitrogens is 1. The van der Waals surface area contributed by atoms with Crippen LogP contribution >= 0.6 is 0 Å². The van der Waals surface area contributed by atoms with E-state index in [1.54, 1.807) is 0 Å². The number of para-hydroxylation sites is 1. The molecule has 0 spiro atoms. The molecule has 0 bridgehead atoms. The van der Waals surface area contributed by atoms with E-state index in [9.17, 15) is 4.79 Å². The molecule has 2 aromatic rings. The molecule has 1 heterocycles. The topological polar surface area (TPSA) is 94.8 Å². The van der Waals surface area contributed by atoms with Crippen molar-refractivity contribution in [1.82, 2.24) is 10.3 Å². The van der Waals surface area contributed by atoms with Crippen molar-refractivity contribution in [3.05, 3.63) is 36.0 Å². The number of hydrogen-bond acceptors (Lipinski definition) is 3. The molecule has 5 nitrogen and oxygen atoms in total. The summed E-state index contributed by atoms with van der Waals surface area (Å²) in [5.41, 5.74) is 7.84. The quantitative estimate of drug-likeness (QED) is 0.372. The Kier molecular flexibility index (Phi) is 3.81. The van der Waals surface area contributed by atoms with Crippen molar-refractivity contribution in [1.29, 1.82) is 5.41 Å². The van der Waals surface area contributed by atoms with Crippen LogP contribution in [0.5, 0.6) is 0 Å². The van der Waals surface area contributed by atoms with Crippen molar-refractivity contribution in [3.8, 4) is 0 Å². The molecule has 0 saturated carbocycles. The molecule has 0 fully saturated rings. The Labute approximate surface area is 112 Å². The molecule has 1 amide bonds. The molecule has 0 aliphatic heterocycles. The van der Waals surface area contributed by atoms with Crippen molar-refractivity contribution in [3.63, 3.8) is 0 Å². The minimum absolute atomic E-state index is 0.0191. The van der Waals surface area contributed by atoms with Crippen LogP contribution in [0.25, 0.3) is 10.9 Å². The molecular weight excluding hydrogens is 295 g/mol. The van der Waals surface area contributed by atoms with E-state index in [2.05, 4.69) is 26.3 Å². The average Bonchev–Trinajstić information content (AvgIpc) is 2.72. The van der Waals surface area contributed by atoms with Gasteiger partial charge >= 0.3 is 112 Å². The number of carbonyl (C=O) groups excluding carboxylic acids is 1. The normalized spacial score (nSPS) is 12.3. The van der Waals surface area contributed by atoms with E-state index in [0.29, 0.717) is 6.42 Å². The van der Waals surface area contributed by atoms with Gasteiger partial charge in [-0.05, 0) is 0 Å². The summed E-state index contributed by atoms with van der Waals surface area (Å²) in [7, 11) is 0. The Morgan fingerprint density at radius 3 is 2.94 bits per heavy atom. The van der Waals surface area contributed by atoms with Crippen LogP contribution in [-0.4, -0.2) is 37.7 Å². The molecule has 5 N–H and O–H groups in total. The summed E-state index contributed by atoms with van der Waals surface area (Å²) in [6, 6.07) is 7.19. The van der Waals surface area contributed by atoms with Crippen molar-refractivity contribution >= 4 is 37.6 Å². The van der Waals surface area contributed by atoms with Crippen LogP contribution < -0.4 is 11.1 Å². The summed E-state index contributed by atoms with van der Waals surface area (Å²) < 4.78 is -0.0191. The monoisotopic (exact) mass is 309 g/mol. The van der Waals surface area contributed by atoms with Crippen molar-refractivity contribution in [2.24, 2.45) is 5.73 Å². The third kappa shape index (κ3) is 2.79. The van der Waals surface area contributed by atoms with Crippen LogP contribution in [0.4, 0.5) is 0 Å². The van der Waals surface area contributed by atoms with Gasteiger partial charge in [-0.2, -0.15) is 0 Å². The van der Waals surface area contributed by atoms with E-state index in [1.165, 1.54) is 0 Å². The van der Waals surface area contributed by atoms with Gasteiger partial charge < -0.3 is 0 Å². The summed E-state index contributed by atoms with van der Waals surface area (Å²) in [5.74, 6) is -0.357. The molecule has 0 aliphatic carbocycles. The zero-order valence-electron chi connectivity index (χ0n) is 9.57. The number of carbonyl (C=O) groups is 1. The second kappa shape index (κ2) is 5.35. The maximum atomic E-state index is 11.6. The molecule has 1 radical (unpaired) electrons. The SMILES string of the molecule is N=C([Se])NC(=O)[C@@H](N)Cc1c[nH]c2ccccc12. The van der Waals surface area contributed by atoms with Crippen LogP contribution in [0.2, 0.25) is 0 Å². The van der Waals surface area contributed by atoms with Gasteiger partial charge in [-0.1, -0.05) is 0 Å². The van der Waals surface area contributed by atoms with Gasteiger partial charge in [0.2, 0.25) is 0 Å². The predicted octanol–water partition coefficient (Wildman–Crippen LogP) is 0.257. The van der Waals surface area contributed by atoms with Crippen LogP contribution in [0, 0.1) is 5.41 Å². The summed E-state index contributed by atoms with van der Waals surface area (Å²) in [5, 5.41) is 10.6. The molecule has 0 aliphatic rings. The molecule has 1 aromatic carbocycles. The second-order valence-electron chi connectivity index (χ2n) is 3.99. The molecule has 0 saturated heterocycles. The zero-order chi connectivity index (χ0) is 13.1. The first kappa shape index (κ1) is 12.8. The number of nitrogens with one attached hydrogen (secondary N) is 3. The minimum atomic E-state index is -0.669. The number of benzene rings is 1. The third-order valence-corrected chi connectivity index (χ3v) is 2.90. The number of aromatic amines is 1. The first-order chi connectivity index (χ1) is 8.58. The van der Waals surface area contributed by atoms with Crippen molar-refractivity contribution < 1.29 is 4.79 Å². The molecule has 6 heteroatoms. The molecule has 2 rings (SSSR count). The Bertz CT molecular complexity index is 593. The van der Waals surface area contributed by atoms with Crippen LogP contribution in [0.3, 0.4) is 0 Å². The molecule has 1 atom stereocenters. The number of rotatable bonds is 3. The third-order valence-electron chi connectivity index (χ3n) is 2.69. The first-order valence-electron chi connectivity index (χ1n) is 5.45. The Hall–Kier alpha value is -1.62. The van der Waals surface area contributed by atoms with E-state index < -0.39 is 6.04 Å². The van der Waals surface area contributed by atoms with Crippen molar-refractivity contribution in [2.45, 2.75) is 12.5 Å². The summed E-state index contributed by atoms with van der Waals surface area (Å²) >= 11 is 2.40. The number of aromatic nitrogens is 1. The fourth-order valence-corrected chi connectivity index (χ4v) is 2.05. The van der Waals surface area contributed by atoms with Gasteiger partial charge in [0.25, 0.3) is 0 Å². The van der Waals surface area contributed by atoms with Gasteiger partial charge in [0.15, 0.2) is 0 Å². The van der Waals surface area contributed by atoms with Gasteiger partial charge in [-0.3, -0.25) is 0 Å².